The van der Waals surface area contributed by atoms with Crippen molar-refractivity contribution < 1.29 is 27.5 Å². The molecule has 1 saturated carbocycles. The number of nitrogen functional groups attached to an aromatic ring is 1. The van der Waals surface area contributed by atoms with Crippen LogP contribution in [0.1, 0.15) is 66.7 Å². The van der Waals surface area contributed by atoms with Gasteiger partial charge in [0.25, 0.3) is 5.91 Å². The maximum absolute atomic E-state index is 13.2. The Balaban J connectivity index is 1.23. The number of hydrogen-bond donors (Lipinski definition) is 2. The number of rotatable bonds is 6. The highest BCUT2D eigenvalue weighted by atomic mass is 19.4. The van der Waals surface area contributed by atoms with E-state index in [2.05, 4.69) is 15.3 Å². The highest BCUT2D eigenvalue weighted by molar-refractivity contribution is 6.04. The molecule has 3 fully saturated rings. The summed E-state index contributed by atoms with van der Waals surface area (Å²) in [5.41, 5.74) is 7.18. The second-order valence-electron chi connectivity index (χ2n) is 11.7. The number of aromatic nitrogens is 4. The van der Waals surface area contributed by atoms with E-state index in [0.29, 0.717) is 29.1 Å². The quantitative estimate of drug-likeness (QED) is 0.305. The van der Waals surface area contributed by atoms with Crippen LogP contribution in [0.25, 0.3) is 16.8 Å². The number of nitrogens with zero attached hydrogens (tertiary/aromatic N) is 5. The highest BCUT2D eigenvalue weighted by Crippen LogP contribution is 2.58. The molecule has 1 spiro atoms. The molecule has 2 amide bonds. The van der Waals surface area contributed by atoms with Gasteiger partial charge in [0.2, 0.25) is 5.91 Å². The van der Waals surface area contributed by atoms with Crippen molar-refractivity contribution in [2.45, 2.75) is 57.2 Å². The minimum Gasteiger partial charge on any atom is -0.493 e. The van der Waals surface area contributed by atoms with E-state index in [1.165, 1.54) is 6.07 Å². The smallest absolute Gasteiger partial charge is 0.416 e. The molecule has 5 heterocycles. The van der Waals surface area contributed by atoms with Crippen molar-refractivity contribution in [3.05, 3.63) is 65.9 Å². The SMILES string of the molecule is CCOc1cc(C(=O)Nc2cc(C(F)(F)F)ccn2)ccc1-c1nc([C@@H]2CC[C@H]3CC4(CC4)C(=O)N3C2)n2ccnc(N)c12. The predicted molar refractivity (Wildman–Crippen MR) is 155 cm³/mol. The summed E-state index contributed by atoms with van der Waals surface area (Å²) in [7, 11) is 0. The van der Waals surface area contributed by atoms with E-state index in [1.807, 2.05) is 15.5 Å². The van der Waals surface area contributed by atoms with Gasteiger partial charge in [-0.1, -0.05) is 0 Å². The lowest BCUT2D eigenvalue weighted by atomic mass is 9.91. The topological polar surface area (TPSA) is 128 Å². The number of alkyl halides is 3. The Morgan fingerprint density at radius 1 is 1.16 bits per heavy atom. The molecule has 13 heteroatoms. The average Bonchev–Trinajstić information content (AvgIpc) is 3.60. The van der Waals surface area contributed by atoms with E-state index in [0.717, 1.165) is 56.3 Å². The number of nitrogens with one attached hydrogen (secondary N) is 1. The molecule has 0 bridgehead atoms. The third-order valence-corrected chi connectivity index (χ3v) is 9.00. The summed E-state index contributed by atoms with van der Waals surface area (Å²) in [6.07, 6.45) is 4.54. The van der Waals surface area contributed by atoms with E-state index >= 15 is 0 Å². The van der Waals surface area contributed by atoms with Crippen molar-refractivity contribution in [1.29, 1.82) is 0 Å². The summed E-state index contributed by atoms with van der Waals surface area (Å²) in [5, 5.41) is 2.43. The minimum absolute atomic E-state index is 0.00675. The molecule has 10 nitrogen and oxygen atoms in total. The number of amides is 2. The van der Waals surface area contributed by atoms with E-state index in [-0.39, 0.29) is 47.1 Å². The fraction of sp³-hybridized carbons (Fsp3) is 0.387. The number of piperidine rings is 1. The molecule has 0 unspecified atom stereocenters. The Hall–Kier alpha value is -4.68. The Bertz CT molecular complexity index is 1800. The summed E-state index contributed by atoms with van der Waals surface area (Å²) in [6.45, 7) is 2.67. The molecule has 44 heavy (non-hydrogen) atoms. The first kappa shape index (κ1) is 28.1. The van der Waals surface area contributed by atoms with Gasteiger partial charge in [0.05, 0.1) is 17.6 Å². The van der Waals surface area contributed by atoms with E-state index in [9.17, 15) is 22.8 Å². The van der Waals surface area contributed by atoms with Gasteiger partial charge >= 0.3 is 6.18 Å². The molecular formula is C31H30F3N7O3. The Morgan fingerprint density at radius 2 is 1.98 bits per heavy atom. The molecular weight excluding hydrogens is 575 g/mol. The zero-order chi connectivity index (χ0) is 30.8. The first-order chi connectivity index (χ1) is 21.1. The third-order valence-electron chi connectivity index (χ3n) is 9.00. The van der Waals surface area contributed by atoms with Gasteiger partial charge < -0.3 is 20.7 Å². The number of carbonyl (C=O) groups excluding carboxylic acids is 2. The Labute approximate surface area is 250 Å². The molecule has 3 N–H and O–H groups in total. The molecule has 3 aliphatic rings. The molecule has 4 aromatic rings. The van der Waals surface area contributed by atoms with Crippen LogP contribution in [-0.2, 0) is 11.0 Å². The van der Waals surface area contributed by atoms with Gasteiger partial charge in [-0.2, -0.15) is 13.2 Å². The number of benzene rings is 1. The molecule has 3 aromatic heterocycles. The monoisotopic (exact) mass is 605 g/mol. The van der Waals surface area contributed by atoms with E-state index in [1.54, 1.807) is 25.3 Å². The highest BCUT2D eigenvalue weighted by Gasteiger charge is 2.60. The van der Waals surface area contributed by atoms with Gasteiger partial charge in [-0.25, -0.2) is 15.0 Å². The number of imidazole rings is 1. The van der Waals surface area contributed by atoms with Gasteiger partial charge in [0.1, 0.15) is 34.4 Å². The third kappa shape index (κ3) is 4.70. The molecule has 2 saturated heterocycles. The lowest BCUT2D eigenvalue weighted by Crippen LogP contribution is -2.41. The minimum atomic E-state index is -4.57. The largest absolute Gasteiger partial charge is 0.493 e. The van der Waals surface area contributed by atoms with Crippen LogP contribution in [0, 0.1) is 5.41 Å². The molecule has 7 rings (SSSR count). The number of ether oxygens (including phenoxy) is 1. The zero-order valence-corrected chi connectivity index (χ0v) is 23.9. The van der Waals surface area contributed by atoms with Gasteiger partial charge in [0, 0.05) is 48.2 Å². The molecule has 0 radical (unpaired) electrons. The number of nitrogens with two attached hydrogens (primary N) is 1. The van der Waals surface area contributed by atoms with Crippen molar-refractivity contribution in [2.75, 3.05) is 24.2 Å². The fourth-order valence-corrected chi connectivity index (χ4v) is 6.67. The van der Waals surface area contributed by atoms with Crippen LogP contribution in [0.15, 0.2) is 48.9 Å². The van der Waals surface area contributed by atoms with E-state index in [4.69, 9.17) is 15.5 Å². The molecule has 2 aliphatic heterocycles. The van der Waals surface area contributed by atoms with Crippen molar-refractivity contribution >= 4 is 29.0 Å². The maximum atomic E-state index is 13.2. The van der Waals surface area contributed by atoms with Crippen molar-refractivity contribution in [2.24, 2.45) is 5.41 Å². The second-order valence-corrected chi connectivity index (χ2v) is 11.7. The zero-order valence-electron chi connectivity index (χ0n) is 23.9. The van der Waals surface area contributed by atoms with Gasteiger partial charge in [-0.05, 0) is 69.4 Å². The molecule has 2 atom stereocenters. The summed E-state index contributed by atoms with van der Waals surface area (Å²) in [6, 6.07) is 6.63. The van der Waals surface area contributed by atoms with Gasteiger partial charge in [0.15, 0.2) is 0 Å². The lowest BCUT2D eigenvalue weighted by Gasteiger charge is -2.34. The number of halogens is 3. The van der Waals surface area contributed by atoms with Gasteiger partial charge in [-0.15, -0.1) is 0 Å². The fourth-order valence-electron chi connectivity index (χ4n) is 6.67. The van der Waals surface area contributed by atoms with Crippen LogP contribution in [0.4, 0.5) is 24.8 Å². The number of hydrogen-bond acceptors (Lipinski definition) is 7. The Kier molecular flexibility index (Phi) is 6.52. The van der Waals surface area contributed by atoms with Crippen LogP contribution in [0.3, 0.4) is 0 Å². The number of carbonyl (C=O) groups is 2. The van der Waals surface area contributed by atoms with Crippen molar-refractivity contribution in [3.8, 4) is 17.0 Å². The summed E-state index contributed by atoms with van der Waals surface area (Å²) >= 11 is 0. The van der Waals surface area contributed by atoms with Crippen molar-refractivity contribution in [3.63, 3.8) is 0 Å². The van der Waals surface area contributed by atoms with Crippen LogP contribution in [-0.4, -0.2) is 55.3 Å². The molecule has 1 aliphatic carbocycles. The van der Waals surface area contributed by atoms with Gasteiger partial charge in [-0.3, -0.25) is 14.0 Å². The van der Waals surface area contributed by atoms with Crippen LogP contribution in [0.5, 0.6) is 5.75 Å². The second kappa shape index (κ2) is 10.2. The molecule has 228 valence electrons. The number of pyridine rings is 1. The first-order valence-corrected chi connectivity index (χ1v) is 14.6. The Morgan fingerprint density at radius 3 is 2.73 bits per heavy atom. The predicted octanol–water partition coefficient (Wildman–Crippen LogP) is 5.30. The van der Waals surface area contributed by atoms with E-state index < -0.39 is 17.6 Å². The molecule has 1 aromatic carbocycles. The number of anilines is 2. The van der Waals surface area contributed by atoms with Crippen LogP contribution in [0.2, 0.25) is 0 Å². The standard InChI is InChI=1S/C31H30F3N7O3/c1-2-44-22-13-17(28(42)38-23-14-19(7-10-36-23)31(32,33)34)4-6-21(22)24-25-26(35)37-11-12-40(25)27(39-24)18-3-5-20-15-30(8-9-30)29(43)41(20)16-18/h4,6-7,10-14,18,20H,2-3,5,8-9,15-16H2,1H3,(H2,35,37)(H,36,38,42)/t18-,20+/m1/s1. The van der Waals surface area contributed by atoms with Crippen LogP contribution >= 0.6 is 0 Å². The summed E-state index contributed by atoms with van der Waals surface area (Å²) in [5.74, 6) is 0.766. The average molecular weight is 606 g/mol. The maximum Gasteiger partial charge on any atom is 0.416 e. The number of fused-ring (bicyclic) bond motifs is 2. The normalized spacial score (nSPS) is 20.6. The summed E-state index contributed by atoms with van der Waals surface area (Å²) in [4.78, 5) is 41.5. The van der Waals surface area contributed by atoms with Crippen molar-refractivity contribution in [1.82, 2.24) is 24.3 Å². The summed E-state index contributed by atoms with van der Waals surface area (Å²) < 4.78 is 47.3. The first-order valence-electron chi connectivity index (χ1n) is 14.6. The lowest BCUT2D eigenvalue weighted by molar-refractivity contribution is -0.137. The van der Waals surface area contributed by atoms with Crippen LogP contribution < -0.4 is 15.8 Å².